The summed E-state index contributed by atoms with van der Waals surface area (Å²) in [6, 6.07) is 7.59. The molecule has 0 saturated carbocycles. The number of aromatic amines is 1. The smallest absolute Gasteiger partial charge is 0.260 e. The van der Waals surface area contributed by atoms with E-state index in [1.165, 1.54) is 6.07 Å². The van der Waals surface area contributed by atoms with E-state index in [4.69, 9.17) is 11.6 Å². The fraction of sp³-hybridized carbons (Fsp3) is 0. The molecule has 0 aliphatic carbocycles. The Hall–Kier alpha value is -2.47. The van der Waals surface area contributed by atoms with Crippen molar-refractivity contribution >= 4 is 34.1 Å². The van der Waals surface area contributed by atoms with Gasteiger partial charge in [0, 0.05) is 16.8 Å². The number of nitrogens with one attached hydrogen (secondary N) is 2. The molecule has 3 rings (SSSR count). The third kappa shape index (κ3) is 2.85. The summed E-state index contributed by atoms with van der Waals surface area (Å²) in [4.78, 5) is 18.6. The van der Waals surface area contributed by atoms with Crippen molar-refractivity contribution in [1.82, 2.24) is 9.97 Å². The van der Waals surface area contributed by atoms with Gasteiger partial charge in [-0.3, -0.25) is 9.78 Å². The van der Waals surface area contributed by atoms with E-state index in [2.05, 4.69) is 15.3 Å². The number of aromatic nitrogens is 2. The molecule has 0 amide bonds. The highest BCUT2D eigenvalue weighted by molar-refractivity contribution is 6.31. The molecule has 7 heteroatoms. The van der Waals surface area contributed by atoms with Crippen molar-refractivity contribution in [3.05, 3.63) is 63.4 Å². The molecule has 0 atom stereocenters. The minimum absolute atomic E-state index is 0.0692. The van der Waals surface area contributed by atoms with Crippen molar-refractivity contribution in [3.8, 4) is 0 Å². The lowest BCUT2D eigenvalue weighted by atomic mass is 10.2. The van der Waals surface area contributed by atoms with Crippen LogP contribution in [0.2, 0.25) is 5.02 Å². The monoisotopic (exact) mass is 307 g/mol. The SMILES string of the molecule is O=c1[nH]c(Nc2cc(F)cc(F)c2)nc2cc(Cl)ccc12. The van der Waals surface area contributed by atoms with Gasteiger partial charge in [0.1, 0.15) is 11.6 Å². The number of H-pyrrole nitrogens is 1. The second-order valence-electron chi connectivity index (χ2n) is 4.36. The van der Waals surface area contributed by atoms with E-state index in [-0.39, 0.29) is 17.2 Å². The fourth-order valence-electron chi connectivity index (χ4n) is 1.93. The molecule has 0 saturated heterocycles. The van der Waals surface area contributed by atoms with E-state index in [0.717, 1.165) is 18.2 Å². The number of hydrogen-bond acceptors (Lipinski definition) is 3. The molecule has 1 heterocycles. The Morgan fingerprint density at radius 3 is 2.52 bits per heavy atom. The molecule has 3 aromatic rings. The molecule has 0 radical (unpaired) electrons. The Balaban J connectivity index is 2.06. The zero-order chi connectivity index (χ0) is 15.0. The summed E-state index contributed by atoms with van der Waals surface area (Å²) in [6.07, 6.45) is 0. The van der Waals surface area contributed by atoms with Gasteiger partial charge >= 0.3 is 0 Å². The van der Waals surface area contributed by atoms with Gasteiger partial charge in [-0.1, -0.05) is 11.6 Å². The van der Waals surface area contributed by atoms with Gasteiger partial charge in [0.25, 0.3) is 5.56 Å². The van der Waals surface area contributed by atoms with Crippen LogP contribution in [0, 0.1) is 11.6 Å². The van der Waals surface area contributed by atoms with Gasteiger partial charge in [-0.25, -0.2) is 13.8 Å². The Bertz CT molecular complexity index is 875. The van der Waals surface area contributed by atoms with Crippen molar-refractivity contribution in [3.63, 3.8) is 0 Å². The standard InChI is InChI=1S/C14H8ClF2N3O/c15-7-1-2-11-12(3-7)19-14(20-13(11)21)18-10-5-8(16)4-9(17)6-10/h1-6H,(H2,18,19,20,21). The minimum atomic E-state index is -0.733. The first-order chi connectivity index (χ1) is 10.0. The quantitative estimate of drug-likeness (QED) is 0.760. The molecular formula is C14H8ClF2N3O. The third-order valence-electron chi connectivity index (χ3n) is 2.79. The van der Waals surface area contributed by atoms with Crippen LogP contribution in [0.25, 0.3) is 10.9 Å². The summed E-state index contributed by atoms with van der Waals surface area (Å²) in [5.74, 6) is -1.40. The zero-order valence-electron chi connectivity index (χ0n) is 10.5. The lowest BCUT2D eigenvalue weighted by Crippen LogP contribution is -2.11. The van der Waals surface area contributed by atoms with Crippen molar-refractivity contribution < 1.29 is 8.78 Å². The molecule has 21 heavy (non-hydrogen) atoms. The summed E-state index contributed by atoms with van der Waals surface area (Å²) in [5.41, 5.74) is 0.138. The molecule has 0 unspecified atom stereocenters. The Morgan fingerprint density at radius 1 is 1.10 bits per heavy atom. The minimum Gasteiger partial charge on any atom is -0.325 e. The van der Waals surface area contributed by atoms with E-state index >= 15 is 0 Å². The van der Waals surface area contributed by atoms with Crippen LogP contribution in [0.3, 0.4) is 0 Å². The second-order valence-corrected chi connectivity index (χ2v) is 4.80. The summed E-state index contributed by atoms with van der Waals surface area (Å²) >= 11 is 5.85. The zero-order valence-corrected chi connectivity index (χ0v) is 11.2. The highest BCUT2D eigenvalue weighted by Crippen LogP contribution is 2.19. The van der Waals surface area contributed by atoms with E-state index < -0.39 is 11.6 Å². The number of rotatable bonds is 2. The van der Waals surface area contributed by atoms with Crippen LogP contribution in [-0.2, 0) is 0 Å². The topological polar surface area (TPSA) is 57.8 Å². The first-order valence-electron chi connectivity index (χ1n) is 5.94. The summed E-state index contributed by atoms with van der Waals surface area (Å²) in [6.45, 7) is 0. The van der Waals surface area contributed by atoms with Crippen LogP contribution in [-0.4, -0.2) is 9.97 Å². The molecule has 0 aliphatic rings. The number of anilines is 2. The summed E-state index contributed by atoms with van der Waals surface area (Å²) in [7, 11) is 0. The maximum Gasteiger partial charge on any atom is 0.260 e. The van der Waals surface area contributed by atoms with Crippen LogP contribution in [0.15, 0.2) is 41.2 Å². The van der Waals surface area contributed by atoms with Crippen LogP contribution in [0.1, 0.15) is 0 Å². The Labute approximate surface area is 122 Å². The summed E-state index contributed by atoms with van der Waals surface area (Å²) < 4.78 is 26.3. The molecule has 1 aromatic heterocycles. The highest BCUT2D eigenvalue weighted by Gasteiger charge is 2.06. The normalized spacial score (nSPS) is 10.8. The average Bonchev–Trinajstić information content (AvgIpc) is 2.36. The second kappa shape index (κ2) is 5.14. The molecule has 0 spiro atoms. The van der Waals surface area contributed by atoms with Gasteiger partial charge < -0.3 is 5.32 Å². The van der Waals surface area contributed by atoms with Crippen LogP contribution >= 0.6 is 11.6 Å². The van der Waals surface area contributed by atoms with Crippen LogP contribution in [0.5, 0.6) is 0 Å². The lowest BCUT2D eigenvalue weighted by molar-refractivity contribution is 0.584. The molecule has 106 valence electrons. The molecule has 0 aliphatic heterocycles. The molecule has 2 N–H and O–H groups in total. The predicted octanol–water partition coefficient (Wildman–Crippen LogP) is 3.60. The number of fused-ring (bicyclic) bond motifs is 1. The Morgan fingerprint density at radius 2 is 1.81 bits per heavy atom. The number of hydrogen-bond donors (Lipinski definition) is 2. The van der Waals surface area contributed by atoms with Gasteiger partial charge in [0.2, 0.25) is 5.95 Å². The first-order valence-corrected chi connectivity index (χ1v) is 6.32. The number of nitrogens with zero attached hydrogens (tertiary/aromatic N) is 1. The molecule has 0 fully saturated rings. The van der Waals surface area contributed by atoms with Crippen molar-refractivity contribution in [2.45, 2.75) is 0 Å². The van der Waals surface area contributed by atoms with E-state index in [0.29, 0.717) is 15.9 Å². The van der Waals surface area contributed by atoms with Gasteiger partial charge in [-0.05, 0) is 30.3 Å². The van der Waals surface area contributed by atoms with Crippen molar-refractivity contribution in [2.75, 3.05) is 5.32 Å². The molecule has 0 bridgehead atoms. The fourth-order valence-corrected chi connectivity index (χ4v) is 2.10. The van der Waals surface area contributed by atoms with E-state index in [9.17, 15) is 13.6 Å². The highest BCUT2D eigenvalue weighted by atomic mass is 35.5. The van der Waals surface area contributed by atoms with Gasteiger partial charge in [-0.2, -0.15) is 0 Å². The lowest BCUT2D eigenvalue weighted by Gasteiger charge is -2.07. The van der Waals surface area contributed by atoms with Crippen molar-refractivity contribution in [1.29, 1.82) is 0 Å². The first kappa shape index (κ1) is 13.5. The summed E-state index contributed by atoms with van der Waals surface area (Å²) in [5, 5.41) is 3.45. The molecule has 2 aromatic carbocycles. The van der Waals surface area contributed by atoms with E-state index in [1.807, 2.05) is 0 Å². The molecule has 4 nitrogen and oxygen atoms in total. The third-order valence-corrected chi connectivity index (χ3v) is 3.03. The van der Waals surface area contributed by atoms with Crippen LogP contribution < -0.4 is 10.9 Å². The molecular weight excluding hydrogens is 300 g/mol. The van der Waals surface area contributed by atoms with Gasteiger partial charge in [0.15, 0.2) is 0 Å². The van der Waals surface area contributed by atoms with Gasteiger partial charge in [-0.15, -0.1) is 0 Å². The average molecular weight is 308 g/mol. The number of halogens is 3. The van der Waals surface area contributed by atoms with Gasteiger partial charge in [0.05, 0.1) is 10.9 Å². The van der Waals surface area contributed by atoms with Crippen LogP contribution in [0.4, 0.5) is 20.4 Å². The maximum absolute atomic E-state index is 13.1. The predicted molar refractivity (Wildman–Crippen MR) is 77.0 cm³/mol. The van der Waals surface area contributed by atoms with Crippen molar-refractivity contribution in [2.24, 2.45) is 0 Å². The number of benzene rings is 2. The largest absolute Gasteiger partial charge is 0.325 e. The maximum atomic E-state index is 13.1. The van der Waals surface area contributed by atoms with E-state index in [1.54, 1.807) is 12.1 Å². The Kier molecular flexibility index (Phi) is 3.31.